The van der Waals surface area contributed by atoms with Crippen molar-refractivity contribution in [2.45, 2.75) is 33.1 Å². The maximum Gasteiger partial charge on any atom is 0.436 e. The van der Waals surface area contributed by atoms with Gasteiger partial charge in [0.25, 0.3) is 5.91 Å². The van der Waals surface area contributed by atoms with E-state index in [4.69, 9.17) is 0 Å². The molecule has 2 rings (SSSR count). The first-order chi connectivity index (χ1) is 11.1. The van der Waals surface area contributed by atoms with E-state index in [-0.39, 0.29) is 16.7 Å². The fourth-order valence-electron chi connectivity index (χ4n) is 2.30. The van der Waals surface area contributed by atoms with Crippen molar-refractivity contribution < 1.29 is 18.0 Å². The topological polar surface area (TPSA) is 56.0 Å². The van der Waals surface area contributed by atoms with E-state index in [2.05, 4.69) is 26.1 Å². The highest BCUT2D eigenvalue weighted by atomic mass is 79.9. The van der Waals surface area contributed by atoms with Crippen LogP contribution in [-0.2, 0) is 26.3 Å². The number of aryl methyl sites for hydroxylation is 3. The highest BCUT2D eigenvalue weighted by Crippen LogP contribution is 2.35. The lowest BCUT2D eigenvalue weighted by Gasteiger charge is -2.17. The van der Waals surface area contributed by atoms with Gasteiger partial charge in [0.15, 0.2) is 5.69 Å². The van der Waals surface area contributed by atoms with Gasteiger partial charge in [0.1, 0.15) is 5.69 Å². The summed E-state index contributed by atoms with van der Waals surface area (Å²) < 4.78 is 41.0. The molecule has 2 aromatic rings. The molecule has 24 heavy (non-hydrogen) atoms. The second-order valence-corrected chi connectivity index (χ2v) is 6.18. The molecule has 0 aliphatic carbocycles. The van der Waals surface area contributed by atoms with Gasteiger partial charge in [-0.3, -0.25) is 14.2 Å². The van der Waals surface area contributed by atoms with E-state index in [1.807, 2.05) is 20.0 Å². The third-order valence-corrected chi connectivity index (χ3v) is 4.34. The smallest absolute Gasteiger partial charge is 0.336 e. The number of hydrogen-bond acceptors (Lipinski definition) is 3. The van der Waals surface area contributed by atoms with Gasteiger partial charge >= 0.3 is 6.18 Å². The molecular formula is C14H17BrF3N5O. The van der Waals surface area contributed by atoms with Crippen LogP contribution in [0.4, 0.5) is 13.2 Å². The lowest BCUT2D eigenvalue weighted by molar-refractivity contribution is -0.142. The van der Waals surface area contributed by atoms with Crippen molar-refractivity contribution in [2.75, 3.05) is 7.05 Å². The summed E-state index contributed by atoms with van der Waals surface area (Å²) >= 11 is 2.85. The van der Waals surface area contributed by atoms with E-state index in [1.54, 1.807) is 4.68 Å². The van der Waals surface area contributed by atoms with Crippen molar-refractivity contribution in [1.82, 2.24) is 24.5 Å². The lowest BCUT2D eigenvalue weighted by atomic mass is 10.2. The molecule has 132 valence electrons. The number of carbonyl (C=O) groups excluding carboxylic acids is 1. The van der Waals surface area contributed by atoms with E-state index in [1.165, 1.54) is 19.0 Å². The fourth-order valence-corrected chi connectivity index (χ4v) is 3.03. The molecule has 0 unspecified atom stereocenters. The standard InChI is InChI=1S/C14H17BrF3N5O/c1-5-23-7-9(8(2)19-23)6-21(3)13(24)11-10(15)12(14(16,17)18)20-22(11)4/h7H,5-6H2,1-4H3. The molecule has 0 saturated carbocycles. The zero-order valence-corrected chi connectivity index (χ0v) is 15.2. The molecule has 0 atom stereocenters. The minimum atomic E-state index is -4.63. The summed E-state index contributed by atoms with van der Waals surface area (Å²) in [6.45, 7) is 4.70. The average molecular weight is 408 g/mol. The molecule has 0 aliphatic rings. The van der Waals surface area contributed by atoms with Gasteiger partial charge < -0.3 is 4.90 Å². The number of hydrogen-bond donors (Lipinski definition) is 0. The first-order valence-electron chi connectivity index (χ1n) is 7.14. The summed E-state index contributed by atoms with van der Waals surface area (Å²) in [5.41, 5.74) is 0.348. The van der Waals surface area contributed by atoms with Crippen LogP contribution in [-0.4, -0.2) is 37.4 Å². The Morgan fingerprint density at radius 1 is 1.38 bits per heavy atom. The van der Waals surface area contributed by atoms with Crippen LogP contribution in [0.5, 0.6) is 0 Å². The number of nitrogens with zero attached hydrogens (tertiary/aromatic N) is 5. The van der Waals surface area contributed by atoms with Crippen LogP contribution in [0.2, 0.25) is 0 Å². The van der Waals surface area contributed by atoms with Gasteiger partial charge in [0.05, 0.1) is 10.2 Å². The monoisotopic (exact) mass is 407 g/mol. The minimum Gasteiger partial charge on any atom is -0.336 e. The molecule has 0 aromatic carbocycles. The molecule has 10 heteroatoms. The Kier molecular flexibility index (Phi) is 5.07. The summed E-state index contributed by atoms with van der Waals surface area (Å²) in [4.78, 5) is 13.9. The molecule has 0 aliphatic heterocycles. The molecule has 2 aromatic heterocycles. The SMILES string of the molecule is CCn1cc(CN(C)C(=O)c2c(Br)c(C(F)(F)F)nn2C)c(C)n1. The van der Waals surface area contributed by atoms with Gasteiger partial charge in [0, 0.05) is 38.9 Å². The zero-order chi connectivity index (χ0) is 18.2. The lowest BCUT2D eigenvalue weighted by Crippen LogP contribution is -2.28. The van der Waals surface area contributed by atoms with Crippen molar-refractivity contribution in [3.63, 3.8) is 0 Å². The van der Waals surface area contributed by atoms with Gasteiger partial charge in [0.2, 0.25) is 0 Å². The predicted molar refractivity (Wildman–Crippen MR) is 84.3 cm³/mol. The first kappa shape index (κ1) is 18.5. The Hall–Kier alpha value is -1.84. The van der Waals surface area contributed by atoms with E-state index in [0.717, 1.165) is 15.9 Å². The highest BCUT2D eigenvalue weighted by molar-refractivity contribution is 9.10. The second kappa shape index (κ2) is 6.58. The zero-order valence-electron chi connectivity index (χ0n) is 13.6. The van der Waals surface area contributed by atoms with E-state index in [0.29, 0.717) is 6.54 Å². The van der Waals surface area contributed by atoms with Crippen LogP contribution in [0.1, 0.15) is 34.4 Å². The Bertz CT molecular complexity index is 765. The normalized spacial score (nSPS) is 11.8. The summed E-state index contributed by atoms with van der Waals surface area (Å²) in [7, 11) is 2.83. The number of aromatic nitrogens is 4. The van der Waals surface area contributed by atoms with E-state index < -0.39 is 17.8 Å². The van der Waals surface area contributed by atoms with Crippen LogP contribution in [0, 0.1) is 6.92 Å². The van der Waals surface area contributed by atoms with Crippen LogP contribution in [0.15, 0.2) is 10.7 Å². The maximum absolute atomic E-state index is 12.9. The number of alkyl halides is 3. The van der Waals surface area contributed by atoms with E-state index in [9.17, 15) is 18.0 Å². The van der Waals surface area contributed by atoms with Crippen LogP contribution < -0.4 is 0 Å². The fraction of sp³-hybridized carbons (Fsp3) is 0.500. The molecule has 0 saturated heterocycles. The first-order valence-corrected chi connectivity index (χ1v) is 7.93. The predicted octanol–water partition coefficient (Wildman–Crippen LogP) is 3.00. The number of carbonyl (C=O) groups is 1. The van der Waals surface area contributed by atoms with Gasteiger partial charge in [-0.05, 0) is 29.8 Å². The van der Waals surface area contributed by atoms with Crippen LogP contribution in [0.25, 0.3) is 0 Å². The Balaban J connectivity index is 2.28. The average Bonchev–Trinajstić information content (AvgIpc) is 2.98. The Morgan fingerprint density at radius 3 is 2.46 bits per heavy atom. The molecule has 0 bridgehead atoms. The largest absolute Gasteiger partial charge is 0.436 e. The van der Waals surface area contributed by atoms with Crippen molar-refractivity contribution in [2.24, 2.45) is 7.05 Å². The van der Waals surface area contributed by atoms with Crippen molar-refractivity contribution >= 4 is 21.8 Å². The molecule has 6 nitrogen and oxygen atoms in total. The summed E-state index contributed by atoms with van der Waals surface area (Å²) in [6, 6.07) is 0. The third-order valence-electron chi connectivity index (χ3n) is 3.59. The van der Waals surface area contributed by atoms with Crippen LogP contribution >= 0.6 is 15.9 Å². The van der Waals surface area contributed by atoms with Crippen molar-refractivity contribution in [3.8, 4) is 0 Å². The Labute approximate surface area is 145 Å². The highest BCUT2D eigenvalue weighted by Gasteiger charge is 2.39. The summed E-state index contributed by atoms with van der Waals surface area (Å²) in [6.07, 6.45) is -2.81. The van der Waals surface area contributed by atoms with Gasteiger partial charge in [-0.15, -0.1) is 0 Å². The van der Waals surface area contributed by atoms with Crippen molar-refractivity contribution in [3.05, 3.63) is 33.3 Å². The molecular weight excluding hydrogens is 391 g/mol. The minimum absolute atomic E-state index is 0.148. The molecule has 2 heterocycles. The Morgan fingerprint density at radius 2 is 2.00 bits per heavy atom. The number of rotatable bonds is 4. The molecule has 0 spiro atoms. The summed E-state index contributed by atoms with van der Waals surface area (Å²) in [5.74, 6) is -0.559. The quantitative estimate of drug-likeness (QED) is 0.782. The number of halogens is 4. The molecule has 0 radical (unpaired) electrons. The van der Waals surface area contributed by atoms with Gasteiger partial charge in [-0.25, -0.2) is 0 Å². The number of amides is 1. The van der Waals surface area contributed by atoms with E-state index >= 15 is 0 Å². The molecule has 1 amide bonds. The van der Waals surface area contributed by atoms with Gasteiger partial charge in [-0.1, -0.05) is 0 Å². The molecule has 0 N–H and O–H groups in total. The second-order valence-electron chi connectivity index (χ2n) is 5.39. The molecule has 0 fully saturated rings. The maximum atomic E-state index is 12.9. The van der Waals surface area contributed by atoms with Gasteiger partial charge in [-0.2, -0.15) is 23.4 Å². The summed E-state index contributed by atoms with van der Waals surface area (Å²) in [5, 5.41) is 7.70. The van der Waals surface area contributed by atoms with Crippen molar-refractivity contribution in [1.29, 1.82) is 0 Å². The van der Waals surface area contributed by atoms with Crippen LogP contribution in [0.3, 0.4) is 0 Å². The third kappa shape index (κ3) is 3.47.